The van der Waals surface area contributed by atoms with Crippen LogP contribution in [-0.4, -0.2) is 37.7 Å². The Kier molecular flexibility index (Phi) is 4.80. The number of fused-ring (bicyclic) bond motifs is 2. The lowest BCUT2D eigenvalue weighted by molar-refractivity contribution is -0.122. The summed E-state index contributed by atoms with van der Waals surface area (Å²) in [5.74, 6) is -0.463. The Balaban J connectivity index is 1.14. The lowest BCUT2D eigenvalue weighted by atomic mass is 9.89. The van der Waals surface area contributed by atoms with Gasteiger partial charge in [-0.25, -0.2) is 10.2 Å². The zero-order valence-corrected chi connectivity index (χ0v) is 18.2. The first-order valence-electron chi connectivity index (χ1n) is 11.0. The molecule has 0 saturated heterocycles. The molecule has 4 aromatic rings. The summed E-state index contributed by atoms with van der Waals surface area (Å²) >= 11 is 0. The number of anilines is 1. The molecule has 4 heterocycles. The molecule has 1 atom stereocenters. The molecule has 34 heavy (non-hydrogen) atoms. The van der Waals surface area contributed by atoms with Crippen molar-refractivity contribution in [1.82, 2.24) is 25.5 Å². The van der Waals surface area contributed by atoms with Crippen LogP contribution in [0, 0.1) is 0 Å². The van der Waals surface area contributed by atoms with Gasteiger partial charge in [0.15, 0.2) is 0 Å². The van der Waals surface area contributed by atoms with E-state index in [2.05, 4.69) is 31.0 Å². The molecule has 6 rings (SSSR count). The van der Waals surface area contributed by atoms with Gasteiger partial charge >= 0.3 is 6.03 Å². The highest BCUT2D eigenvalue weighted by atomic mass is 16.2. The number of nitrogens with one attached hydrogen (secondary N) is 3. The Morgan fingerprint density at radius 2 is 1.88 bits per heavy atom. The van der Waals surface area contributed by atoms with Crippen molar-refractivity contribution in [2.24, 2.45) is 5.10 Å². The van der Waals surface area contributed by atoms with Crippen molar-refractivity contribution in [3.63, 3.8) is 0 Å². The second kappa shape index (κ2) is 8.11. The molecular weight excluding hydrogens is 430 g/mol. The molecule has 2 aliphatic heterocycles. The van der Waals surface area contributed by atoms with Crippen LogP contribution in [0.4, 0.5) is 10.5 Å². The van der Waals surface area contributed by atoms with E-state index in [4.69, 9.17) is 0 Å². The summed E-state index contributed by atoms with van der Waals surface area (Å²) in [4.78, 5) is 31.1. The topological polar surface area (TPSA) is 115 Å². The third-order valence-electron chi connectivity index (χ3n) is 6.37. The fraction of sp³-hybridized carbons (Fsp3) is 0.160. The van der Waals surface area contributed by atoms with Crippen LogP contribution in [0.2, 0.25) is 0 Å². The third-order valence-corrected chi connectivity index (χ3v) is 6.37. The summed E-state index contributed by atoms with van der Waals surface area (Å²) in [7, 11) is 0. The van der Waals surface area contributed by atoms with Crippen LogP contribution >= 0.6 is 0 Å². The molecule has 2 aliphatic rings. The van der Waals surface area contributed by atoms with Crippen molar-refractivity contribution in [3.8, 4) is 0 Å². The maximum atomic E-state index is 12.7. The van der Waals surface area contributed by atoms with Crippen LogP contribution in [-0.2, 0) is 17.9 Å². The fourth-order valence-electron chi connectivity index (χ4n) is 4.47. The normalized spacial score (nSPS) is 17.3. The van der Waals surface area contributed by atoms with E-state index in [0.717, 1.165) is 38.9 Å². The summed E-state index contributed by atoms with van der Waals surface area (Å²) in [6.45, 7) is 1.12. The maximum Gasteiger partial charge on any atom is 0.322 e. The van der Waals surface area contributed by atoms with E-state index in [-0.39, 0.29) is 17.9 Å². The smallest absolute Gasteiger partial charge is 0.316 e. The van der Waals surface area contributed by atoms with Gasteiger partial charge in [-0.1, -0.05) is 18.2 Å². The molecular formula is C25H21N7O2. The lowest BCUT2D eigenvalue weighted by Gasteiger charge is -2.22. The molecule has 1 unspecified atom stereocenters. The molecule has 0 fully saturated rings. The molecule has 0 aliphatic carbocycles. The standard InChI is InChI=1S/C25H21N7O2/c33-24-21(16-3-6-22-18(9-16)12-27-29-22)10-23(30-31-24)15-1-4-20(5-2-15)28-25(34)32-13-17-7-8-26-11-19(17)14-32/h1-9,11-12,21H,10,13-14H2,(H,27,29)(H,28,34)(H,31,33). The van der Waals surface area contributed by atoms with Gasteiger partial charge in [0.25, 0.3) is 0 Å². The number of hydrazone groups is 1. The van der Waals surface area contributed by atoms with E-state index in [1.807, 2.05) is 54.7 Å². The van der Waals surface area contributed by atoms with Crippen LogP contribution in [0.3, 0.4) is 0 Å². The van der Waals surface area contributed by atoms with Crippen molar-refractivity contribution >= 4 is 34.2 Å². The minimum absolute atomic E-state index is 0.128. The van der Waals surface area contributed by atoms with Crippen molar-refractivity contribution < 1.29 is 9.59 Å². The van der Waals surface area contributed by atoms with Crippen molar-refractivity contribution in [2.45, 2.75) is 25.4 Å². The van der Waals surface area contributed by atoms with E-state index in [0.29, 0.717) is 25.2 Å². The number of pyridine rings is 1. The average molecular weight is 451 g/mol. The highest BCUT2D eigenvalue weighted by molar-refractivity contribution is 6.06. The number of amides is 3. The first-order chi connectivity index (χ1) is 16.6. The van der Waals surface area contributed by atoms with E-state index in [1.54, 1.807) is 17.3 Å². The molecule has 168 valence electrons. The van der Waals surface area contributed by atoms with Crippen LogP contribution in [0.1, 0.15) is 34.6 Å². The molecule has 0 spiro atoms. The largest absolute Gasteiger partial charge is 0.322 e. The van der Waals surface area contributed by atoms with Crippen LogP contribution in [0.15, 0.2) is 72.2 Å². The summed E-state index contributed by atoms with van der Waals surface area (Å²) < 4.78 is 0. The maximum absolute atomic E-state index is 12.7. The number of nitrogens with zero attached hydrogens (tertiary/aromatic N) is 4. The zero-order valence-electron chi connectivity index (χ0n) is 18.2. The van der Waals surface area contributed by atoms with E-state index in [9.17, 15) is 9.59 Å². The predicted octanol–water partition coefficient (Wildman–Crippen LogP) is 3.51. The Hall–Kier alpha value is -4.53. The molecule has 3 N–H and O–H groups in total. The number of benzene rings is 2. The average Bonchev–Trinajstić information content (AvgIpc) is 3.51. The Morgan fingerprint density at radius 1 is 1.03 bits per heavy atom. The number of aromatic nitrogens is 3. The number of hydrogen-bond acceptors (Lipinski definition) is 5. The van der Waals surface area contributed by atoms with Gasteiger partial charge in [0.1, 0.15) is 0 Å². The quantitative estimate of drug-likeness (QED) is 0.442. The van der Waals surface area contributed by atoms with Gasteiger partial charge < -0.3 is 10.2 Å². The first kappa shape index (κ1) is 20.1. The van der Waals surface area contributed by atoms with Gasteiger partial charge in [-0.3, -0.25) is 14.9 Å². The summed E-state index contributed by atoms with van der Waals surface area (Å²) in [5, 5.41) is 15.2. The molecule has 3 amide bonds. The molecule has 9 nitrogen and oxygen atoms in total. The number of carbonyl (C=O) groups is 2. The number of carbonyl (C=O) groups excluding carboxylic acids is 2. The van der Waals surface area contributed by atoms with E-state index in [1.165, 1.54) is 0 Å². The summed E-state index contributed by atoms with van der Waals surface area (Å²) in [6.07, 6.45) is 5.79. The Labute approximate surface area is 194 Å². The highest BCUT2D eigenvalue weighted by Crippen LogP contribution is 2.28. The van der Waals surface area contributed by atoms with Gasteiger partial charge in [0, 0.05) is 43.0 Å². The number of urea groups is 1. The third kappa shape index (κ3) is 3.66. The molecule has 0 radical (unpaired) electrons. The van der Waals surface area contributed by atoms with Crippen LogP contribution in [0.5, 0.6) is 0 Å². The Bertz CT molecular complexity index is 1420. The lowest BCUT2D eigenvalue weighted by Crippen LogP contribution is -2.33. The van der Waals surface area contributed by atoms with E-state index < -0.39 is 0 Å². The number of hydrogen-bond donors (Lipinski definition) is 3. The minimum atomic E-state index is -0.336. The minimum Gasteiger partial charge on any atom is -0.316 e. The summed E-state index contributed by atoms with van der Waals surface area (Å²) in [6, 6.07) is 15.2. The predicted molar refractivity (Wildman–Crippen MR) is 127 cm³/mol. The monoisotopic (exact) mass is 451 g/mol. The molecule has 2 aromatic heterocycles. The second-order valence-corrected chi connectivity index (χ2v) is 8.52. The number of aromatic amines is 1. The fourth-order valence-corrected chi connectivity index (χ4v) is 4.47. The van der Waals surface area contributed by atoms with Crippen LogP contribution in [0.25, 0.3) is 10.9 Å². The number of H-pyrrole nitrogens is 1. The van der Waals surface area contributed by atoms with Gasteiger partial charge in [0.05, 0.1) is 23.3 Å². The second-order valence-electron chi connectivity index (χ2n) is 8.52. The Morgan fingerprint density at radius 3 is 2.74 bits per heavy atom. The molecule has 0 saturated carbocycles. The SMILES string of the molecule is O=C1NN=C(c2ccc(NC(=O)N3Cc4ccncc4C3)cc2)CC1c1ccc2[nH]ncc2c1. The van der Waals surface area contributed by atoms with Crippen molar-refractivity contribution in [2.75, 3.05) is 5.32 Å². The van der Waals surface area contributed by atoms with E-state index >= 15 is 0 Å². The van der Waals surface area contributed by atoms with Crippen LogP contribution < -0.4 is 10.7 Å². The van der Waals surface area contributed by atoms with Crippen molar-refractivity contribution in [3.05, 3.63) is 89.4 Å². The molecule has 2 aromatic carbocycles. The van der Waals surface area contributed by atoms with Gasteiger partial charge in [-0.05, 0) is 52.6 Å². The van der Waals surface area contributed by atoms with Gasteiger partial charge in [-0.2, -0.15) is 10.2 Å². The summed E-state index contributed by atoms with van der Waals surface area (Å²) in [5.41, 5.74) is 9.09. The zero-order chi connectivity index (χ0) is 23.1. The van der Waals surface area contributed by atoms with Crippen molar-refractivity contribution in [1.29, 1.82) is 0 Å². The molecule has 9 heteroatoms. The first-order valence-corrected chi connectivity index (χ1v) is 11.0. The van der Waals surface area contributed by atoms with Gasteiger partial charge in [-0.15, -0.1) is 0 Å². The van der Waals surface area contributed by atoms with Gasteiger partial charge in [0.2, 0.25) is 5.91 Å². The number of rotatable bonds is 3. The highest BCUT2D eigenvalue weighted by Gasteiger charge is 2.28. The molecule has 0 bridgehead atoms.